The van der Waals surface area contributed by atoms with E-state index in [1.54, 1.807) is 12.3 Å². The Balaban J connectivity index is 2.25. The summed E-state index contributed by atoms with van der Waals surface area (Å²) in [6.07, 6.45) is 1.60. The Morgan fingerprint density at radius 3 is 2.41 bits per heavy atom. The monoisotopic (exact) mass is 250 g/mol. The molecule has 0 aliphatic heterocycles. The van der Waals surface area contributed by atoms with Gasteiger partial charge in [0.05, 0.1) is 11.8 Å². The zero-order chi connectivity index (χ0) is 12.8. The van der Waals surface area contributed by atoms with Crippen LogP contribution in [0.1, 0.15) is 33.3 Å². The Bertz CT molecular complexity index is 453. The average Bonchev–Trinajstić information content (AvgIpc) is 2.61. The van der Waals surface area contributed by atoms with Gasteiger partial charge in [-0.1, -0.05) is 39.9 Å². The first kappa shape index (κ1) is 12.2. The molecule has 0 atom stereocenters. The van der Waals surface area contributed by atoms with Gasteiger partial charge in [0.15, 0.2) is 5.82 Å². The molecule has 1 aromatic heterocycles. The Morgan fingerprint density at radius 1 is 1.35 bits per heavy atom. The van der Waals surface area contributed by atoms with E-state index in [1.807, 2.05) is 0 Å². The van der Waals surface area contributed by atoms with Crippen molar-refractivity contribution in [1.29, 1.82) is 0 Å². The highest BCUT2D eigenvalue weighted by atomic mass is 32.1. The number of aromatic nitrogens is 2. The van der Waals surface area contributed by atoms with E-state index < -0.39 is 0 Å². The fourth-order valence-electron chi connectivity index (χ4n) is 2.33. The molecule has 5 heteroatoms. The summed E-state index contributed by atoms with van der Waals surface area (Å²) in [5, 5.41) is 11.4. The van der Waals surface area contributed by atoms with Gasteiger partial charge < -0.3 is 11.1 Å². The zero-order valence-corrected chi connectivity index (χ0v) is 11.4. The summed E-state index contributed by atoms with van der Waals surface area (Å²) in [6.45, 7) is 8.95. The van der Waals surface area contributed by atoms with Crippen molar-refractivity contribution < 1.29 is 0 Å². The molecule has 4 nitrogen and oxygen atoms in total. The number of rotatable bonds is 3. The number of hydrogen-bond acceptors (Lipinski definition) is 4. The van der Waals surface area contributed by atoms with Crippen molar-refractivity contribution >= 4 is 23.0 Å². The Kier molecular flexibility index (Phi) is 2.61. The molecule has 0 aromatic carbocycles. The number of nitrogens with zero attached hydrogens (tertiary/aromatic N) is 2. The Hall–Kier alpha value is -1.23. The molecule has 1 aromatic rings. The Labute approximate surface area is 107 Å². The molecular formula is C12H18N4S. The van der Waals surface area contributed by atoms with E-state index in [4.69, 9.17) is 18.0 Å². The lowest BCUT2D eigenvalue weighted by atomic mass is 10.0. The molecule has 0 radical (unpaired) electrons. The smallest absolute Gasteiger partial charge is 0.159 e. The molecule has 0 unspecified atom stereocenters. The maximum Gasteiger partial charge on any atom is 0.159 e. The van der Waals surface area contributed by atoms with E-state index in [1.165, 1.54) is 0 Å². The van der Waals surface area contributed by atoms with Gasteiger partial charge >= 0.3 is 0 Å². The third kappa shape index (κ3) is 1.78. The van der Waals surface area contributed by atoms with Crippen LogP contribution >= 0.6 is 12.2 Å². The van der Waals surface area contributed by atoms with Crippen LogP contribution in [0.3, 0.4) is 0 Å². The minimum Gasteiger partial charge on any atom is -0.389 e. The minimum atomic E-state index is 0.234. The normalized spacial score (nSPS) is 20.9. The standard InChI is InChI=1S/C12H18N4S/c1-11(2)10(12(11,3)4)15-9-7(8(13)17)5-6-14-16-9/h5-6,10H,1-4H3,(H2,13,17)(H,15,16). The Morgan fingerprint density at radius 2 is 1.94 bits per heavy atom. The number of hydrogen-bond donors (Lipinski definition) is 2. The minimum absolute atomic E-state index is 0.234. The van der Waals surface area contributed by atoms with Gasteiger partial charge in [0.25, 0.3) is 0 Å². The first-order valence-electron chi connectivity index (χ1n) is 5.66. The van der Waals surface area contributed by atoms with Crippen LogP contribution in [0.4, 0.5) is 5.82 Å². The van der Waals surface area contributed by atoms with Crippen LogP contribution in [0, 0.1) is 10.8 Å². The quantitative estimate of drug-likeness (QED) is 0.803. The van der Waals surface area contributed by atoms with Crippen molar-refractivity contribution in [1.82, 2.24) is 10.2 Å². The molecule has 1 fully saturated rings. The molecule has 1 aliphatic rings. The van der Waals surface area contributed by atoms with E-state index in [0.717, 1.165) is 5.56 Å². The summed E-state index contributed by atoms with van der Waals surface area (Å²) in [5.41, 5.74) is 6.90. The average molecular weight is 250 g/mol. The topological polar surface area (TPSA) is 63.8 Å². The van der Waals surface area contributed by atoms with Crippen molar-refractivity contribution in [3.8, 4) is 0 Å². The molecule has 92 valence electrons. The molecule has 0 bridgehead atoms. The van der Waals surface area contributed by atoms with Crippen molar-refractivity contribution in [2.45, 2.75) is 33.7 Å². The summed E-state index contributed by atoms with van der Waals surface area (Å²) in [6, 6.07) is 2.15. The largest absolute Gasteiger partial charge is 0.389 e. The predicted octanol–water partition coefficient (Wildman–Crippen LogP) is 1.96. The van der Waals surface area contributed by atoms with E-state index in [0.29, 0.717) is 16.8 Å². The molecule has 3 N–H and O–H groups in total. The van der Waals surface area contributed by atoms with Gasteiger partial charge in [-0.3, -0.25) is 0 Å². The fraction of sp³-hybridized carbons (Fsp3) is 0.583. The highest BCUT2D eigenvalue weighted by Gasteiger charge is 2.65. The third-order valence-corrected chi connectivity index (χ3v) is 4.51. The number of thiocarbonyl (C=S) groups is 1. The second kappa shape index (κ2) is 3.63. The molecule has 17 heavy (non-hydrogen) atoms. The van der Waals surface area contributed by atoms with Crippen LogP contribution in [-0.4, -0.2) is 21.2 Å². The molecular weight excluding hydrogens is 232 g/mol. The molecule has 1 saturated carbocycles. The van der Waals surface area contributed by atoms with Gasteiger partial charge in [0.2, 0.25) is 0 Å². The lowest BCUT2D eigenvalue weighted by Gasteiger charge is -2.10. The number of nitrogens with one attached hydrogen (secondary N) is 1. The first-order chi connectivity index (χ1) is 7.78. The second-order valence-corrected chi connectivity index (χ2v) is 6.12. The van der Waals surface area contributed by atoms with Crippen LogP contribution in [0.2, 0.25) is 0 Å². The van der Waals surface area contributed by atoms with Crippen molar-refractivity contribution in [2.24, 2.45) is 16.6 Å². The summed E-state index contributed by atoms with van der Waals surface area (Å²) in [5.74, 6) is 0.684. The summed E-state index contributed by atoms with van der Waals surface area (Å²) in [7, 11) is 0. The van der Waals surface area contributed by atoms with Gasteiger partial charge in [0, 0.05) is 6.04 Å². The van der Waals surface area contributed by atoms with E-state index in [9.17, 15) is 0 Å². The van der Waals surface area contributed by atoms with Crippen LogP contribution in [0.25, 0.3) is 0 Å². The molecule has 1 aliphatic carbocycles. The van der Waals surface area contributed by atoms with Crippen molar-refractivity contribution in [3.05, 3.63) is 17.8 Å². The van der Waals surface area contributed by atoms with E-state index in [-0.39, 0.29) is 10.8 Å². The summed E-state index contributed by atoms with van der Waals surface area (Å²) >= 11 is 5.01. The second-order valence-electron chi connectivity index (χ2n) is 5.68. The maximum atomic E-state index is 5.67. The van der Waals surface area contributed by atoms with Gasteiger partial charge in [0.1, 0.15) is 4.99 Å². The maximum absolute atomic E-state index is 5.67. The van der Waals surface area contributed by atoms with Crippen LogP contribution in [0.5, 0.6) is 0 Å². The summed E-state index contributed by atoms with van der Waals surface area (Å²) < 4.78 is 0. The summed E-state index contributed by atoms with van der Waals surface area (Å²) in [4.78, 5) is 0.346. The van der Waals surface area contributed by atoms with Crippen LogP contribution in [0.15, 0.2) is 12.3 Å². The fourth-order valence-corrected chi connectivity index (χ4v) is 2.50. The first-order valence-corrected chi connectivity index (χ1v) is 6.07. The van der Waals surface area contributed by atoms with Crippen LogP contribution < -0.4 is 11.1 Å². The molecule has 1 heterocycles. The molecule has 0 spiro atoms. The zero-order valence-electron chi connectivity index (χ0n) is 10.6. The van der Waals surface area contributed by atoms with Crippen LogP contribution in [-0.2, 0) is 0 Å². The third-order valence-electron chi connectivity index (χ3n) is 4.29. The number of nitrogens with two attached hydrogens (primary N) is 1. The van der Waals surface area contributed by atoms with Gasteiger partial charge in [-0.25, -0.2) is 0 Å². The number of anilines is 1. The molecule has 2 rings (SSSR count). The van der Waals surface area contributed by atoms with Crippen molar-refractivity contribution in [3.63, 3.8) is 0 Å². The molecule has 0 amide bonds. The van der Waals surface area contributed by atoms with E-state index >= 15 is 0 Å². The van der Waals surface area contributed by atoms with E-state index in [2.05, 4.69) is 43.2 Å². The lowest BCUT2D eigenvalue weighted by molar-refractivity contribution is 0.457. The lowest BCUT2D eigenvalue weighted by Crippen LogP contribution is -2.18. The van der Waals surface area contributed by atoms with Gasteiger partial charge in [-0.2, -0.15) is 5.10 Å². The SMILES string of the molecule is CC1(C)C(Nc2nnccc2C(N)=S)C1(C)C. The molecule has 0 saturated heterocycles. The van der Waals surface area contributed by atoms with Gasteiger partial charge in [-0.05, 0) is 16.9 Å². The predicted molar refractivity (Wildman–Crippen MR) is 72.9 cm³/mol. The highest BCUT2D eigenvalue weighted by Crippen LogP contribution is 2.63. The highest BCUT2D eigenvalue weighted by molar-refractivity contribution is 7.80. The van der Waals surface area contributed by atoms with Crippen molar-refractivity contribution in [2.75, 3.05) is 5.32 Å². The van der Waals surface area contributed by atoms with Gasteiger partial charge in [-0.15, -0.1) is 5.10 Å².